The molecule has 0 bridgehead atoms. The molecular weight excluding hydrogens is 358 g/mol. The molecule has 8 heteroatoms. The molecule has 1 atom stereocenters. The van der Waals surface area contributed by atoms with Gasteiger partial charge < -0.3 is 10.4 Å². The third-order valence-corrected chi connectivity index (χ3v) is 6.06. The zero-order chi connectivity index (χ0) is 20.1. The summed E-state index contributed by atoms with van der Waals surface area (Å²) in [6.07, 6.45) is 9.52. The fourth-order valence-electron chi connectivity index (χ4n) is 4.18. The predicted octanol–water partition coefficient (Wildman–Crippen LogP) is 1.30. The van der Waals surface area contributed by atoms with E-state index in [0.717, 1.165) is 48.1 Å². The SMILES string of the molecule is CC(C)(C)[C@@H](CO)NC(=O)c1nn(-c2c[n+](O)ccn2)c2c1CCCC21CC1. The minimum atomic E-state index is -0.367. The van der Waals surface area contributed by atoms with E-state index in [1.54, 1.807) is 4.68 Å². The molecule has 0 aromatic carbocycles. The van der Waals surface area contributed by atoms with E-state index in [-0.39, 0.29) is 29.4 Å². The zero-order valence-corrected chi connectivity index (χ0v) is 16.6. The van der Waals surface area contributed by atoms with Crippen LogP contribution < -0.4 is 10.0 Å². The summed E-state index contributed by atoms with van der Waals surface area (Å²) in [6, 6.07) is -0.367. The second-order valence-electron chi connectivity index (χ2n) is 9.09. The summed E-state index contributed by atoms with van der Waals surface area (Å²) in [5, 5.41) is 27.1. The maximum absolute atomic E-state index is 13.1. The molecule has 4 rings (SSSR count). The van der Waals surface area contributed by atoms with Crippen LogP contribution in [0.2, 0.25) is 0 Å². The fourth-order valence-corrected chi connectivity index (χ4v) is 4.18. The molecule has 8 nitrogen and oxygen atoms in total. The van der Waals surface area contributed by atoms with E-state index < -0.39 is 0 Å². The normalized spacial score (nSPS) is 18.6. The average Bonchev–Trinajstić information content (AvgIpc) is 3.27. The number of nitrogens with zero attached hydrogens (tertiary/aromatic N) is 4. The Kier molecular flexibility index (Phi) is 4.41. The Bertz CT molecular complexity index is 911. The van der Waals surface area contributed by atoms with Gasteiger partial charge in [-0.3, -0.25) is 10.0 Å². The van der Waals surface area contributed by atoms with Gasteiger partial charge in [-0.15, -0.1) is 0 Å². The predicted molar refractivity (Wildman–Crippen MR) is 100 cm³/mol. The lowest BCUT2D eigenvalue weighted by atomic mass is 9.83. The molecule has 2 aromatic heterocycles. The van der Waals surface area contributed by atoms with Crippen LogP contribution in [0.4, 0.5) is 0 Å². The molecule has 0 unspecified atom stereocenters. The number of hydrogen-bond acceptors (Lipinski definition) is 5. The smallest absolute Gasteiger partial charge is 0.272 e. The Morgan fingerprint density at radius 1 is 1.39 bits per heavy atom. The van der Waals surface area contributed by atoms with Crippen LogP contribution in [-0.2, 0) is 11.8 Å². The molecule has 0 saturated heterocycles. The Balaban J connectivity index is 1.78. The lowest BCUT2D eigenvalue weighted by molar-refractivity contribution is -0.904. The van der Waals surface area contributed by atoms with Gasteiger partial charge in [0.15, 0.2) is 5.69 Å². The number of carbonyl (C=O) groups is 1. The summed E-state index contributed by atoms with van der Waals surface area (Å²) in [7, 11) is 0. The molecular formula is C20H28N5O3+. The van der Waals surface area contributed by atoms with Crippen molar-refractivity contribution in [3.63, 3.8) is 0 Å². The van der Waals surface area contributed by atoms with E-state index in [0.29, 0.717) is 11.5 Å². The molecule has 3 N–H and O–H groups in total. The third-order valence-electron chi connectivity index (χ3n) is 6.06. The molecule has 2 aliphatic rings. The highest BCUT2D eigenvalue weighted by Crippen LogP contribution is 2.56. The maximum Gasteiger partial charge on any atom is 0.272 e. The van der Waals surface area contributed by atoms with Crippen molar-refractivity contribution in [1.29, 1.82) is 0 Å². The van der Waals surface area contributed by atoms with Gasteiger partial charge in [0.2, 0.25) is 12.0 Å². The molecule has 1 amide bonds. The van der Waals surface area contributed by atoms with Crippen LogP contribution in [0.5, 0.6) is 0 Å². The van der Waals surface area contributed by atoms with E-state index in [2.05, 4.69) is 15.4 Å². The number of amides is 1. The number of aliphatic hydroxyl groups excluding tert-OH is 1. The molecule has 1 fully saturated rings. The quantitative estimate of drug-likeness (QED) is 0.543. The first kappa shape index (κ1) is 18.9. The van der Waals surface area contributed by atoms with Gasteiger partial charge in [-0.05, 0) is 37.5 Å². The number of aliphatic hydroxyl groups is 1. The van der Waals surface area contributed by atoms with E-state index in [9.17, 15) is 15.1 Å². The Morgan fingerprint density at radius 2 is 2.14 bits per heavy atom. The monoisotopic (exact) mass is 386 g/mol. The van der Waals surface area contributed by atoms with E-state index in [1.165, 1.54) is 18.6 Å². The van der Waals surface area contributed by atoms with E-state index in [4.69, 9.17) is 0 Å². The molecule has 150 valence electrons. The fraction of sp³-hybridized carbons (Fsp3) is 0.600. The lowest BCUT2D eigenvalue weighted by Gasteiger charge is -2.29. The van der Waals surface area contributed by atoms with E-state index in [1.807, 2.05) is 20.8 Å². The van der Waals surface area contributed by atoms with Crippen molar-refractivity contribution in [3.05, 3.63) is 35.5 Å². The number of fused-ring (bicyclic) bond motifs is 2. The van der Waals surface area contributed by atoms with Gasteiger partial charge in [0.05, 0.1) is 24.5 Å². The van der Waals surface area contributed by atoms with Gasteiger partial charge in [-0.1, -0.05) is 20.8 Å². The minimum absolute atomic E-state index is 0.0668. The van der Waals surface area contributed by atoms with Crippen molar-refractivity contribution < 1.29 is 19.8 Å². The van der Waals surface area contributed by atoms with Crippen LogP contribution in [0.1, 0.15) is 68.2 Å². The molecule has 1 saturated carbocycles. The summed E-state index contributed by atoms with van der Waals surface area (Å²) in [5.41, 5.74) is 2.23. The van der Waals surface area contributed by atoms with Gasteiger partial charge in [-0.25, -0.2) is 9.67 Å². The van der Waals surface area contributed by atoms with Gasteiger partial charge in [0, 0.05) is 15.7 Å². The van der Waals surface area contributed by atoms with Crippen LogP contribution in [0.25, 0.3) is 5.82 Å². The lowest BCUT2D eigenvalue weighted by Crippen LogP contribution is -2.46. The number of rotatable bonds is 4. The van der Waals surface area contributed by atoms with E-state index >= 15 is 0 Å². The standard InChI is InChI=1S/C20H27N5O3/c1-19(2,3)14(12-26)22-18(27)16-13-5-4-6-20(7-8-20)17(13)25(23-16)15-11-24(28)10-9-21-15/h9-11,14,26H,4-8,12H2,1-3H3,(H-,21,22,27,28)/p+1/t14-/m1/s1. The highest BCUT2D eigenvalue weighted by molar-refractivity contribution is 5.94. The molecule has 1 spiro atoms. The molecule has 2 heterocycles. The van der Waals surface area contributed by atoms with Crippen LogP contribution in [-0.4, -0.2) is 43.6 Å². The second-order valence-corrected chi connectivity index (χ2v) is 9.09. The highest BCUT2D eigenvalue weighted by atomic mass is 16.5. The summed E-state index contributed by atoms with van der Waals surface area (Å²) in [5.74, 6) is 0.220. The average molecular weight is 386 g/mol. The first-order valence-corrected chi connectivity index (χ1v) is 9.86. The molecule has 28 heavy (non-hydrogen) atoms. The second kappa shape index (κ2) is 6.55. The third kappa shape index (κ3) is 3.15. The molecule has 0 aliphatic heterocycles. The van der Waals surface area contributed by atoms with Crippen molar-refractivity contribution in [2.24, 2.45) is 5.41 Å². The Hall–Kier alpha value is -2.48. The van der Waals surface area contributed by atoms with Gasteiger partial charge in [-0.2, -0.15) is 5.10 Å². The number of nitrogens with one attached hydrogen (secondary N) is 1. The number of hydrogen-bond donors (Lipinski definition) is 3. The van der Waals surface area contributed by atoms with Crippen molar-refractivity contribution in [1.82, 2.24) is 20.1 Å². The van der Waals surface area contributed by atoms with Crippen LogP contribution in [0, 0.1) is 5.41 Å². The van der Waals surface area contributed by atoms with Gasteiger partial charge in [0.25, 0.3) is 12.1 Å². The van der Waals surface area contributed by atoms with Gasteiger partial charge in [0.1, 0.15) is 0 Å². The summed E-state index contributed by atoms with van der Waals surface area (Å²) in [4.78, 5) is 17.5. The van der Waals surface area contributed by atoms with Crippen LogP contribution in [0.15, 0.2) is 18.6 Å². The van der Waals surface area contributed by atoms with Crippen molar-refractivity contribution in [3.8, 4) is 5.82 Å². The van der Waals surface area contributed by atoms with Crippen LogP contribution in [0.3, 0.4) is 0 Å². The first-order chi connectivity index (χ1) is 13.2. The number of carbonyl (C=O) groups excluding carboxylic acids is 1. The zero-order valence-electron chi connectivity index (χ0n) is 16.6. The maximum atomic E-state index is 13.1. The van der Waals surface area contributed by atoms with Crippen molar-refractivity contribution >= 4 is 5.91 Å². The van der Waals surface area contributed by atoms with Crippen molar-refractivity contribution in [2.45, 2.75) is 64.3 Å². The molecule has 2 aromatic rings. The van der Waals surface area contributed by atoms with Crippen LogP contribution >= 0.6 is 0 Å². The number of aromatic nitrogens is 4. The van der Waals surface area contributed by atoms with Gasteiger partial charge >= 0.3 is 0 Å². The Morgan fingerprint density at radius 3 is 2.75 bits per heavy atom. The highest BCUT2D eigenvalue weighted by Gasteiger charge is 2.51. The minimum Gasteiger partial charge on any atom is -0.394 e. The molecule has 0 radical (unpaired) electrons. The summed E-state index contributed by atoms with van der Waals surface area (Å²) < 4.78 is 2.67. The molecule has 2 aliphatic carbocycles. The Labute approximate surface area is 164 Å². The summed E-state index contributed by atoms with van der Waals surface area (Å²) >= 11 is 0. The topological polar surface area (TPSA) is 104 Å². The van der Waals surface area contributed by atoms with Crippen molar-refractivity contribution in [2.75, 3.05) is 6.61 Å². The first-order valence-electron chi connectivity index (χ1n) is 9.86. The largest absolute Gasteiger partial charge is 0.394 e. The summed E-state index contributed by atoms with van der Waals surface area (Å²) in [6.45, 7) is 5.81.